The molecule has 2 aromatic carbocycles. The second kappa shape index (κ2) is 10.1. The fourth-order valence-corrected chi connectivity index (χ4v) is 3.48. The van der Waals surface area contributed by atoms with E-state index in [1.807, 2.05) is 19.9 Å². The summed E-state index contributed by atoms with van der Waals surface area (Å²) in [7, 11) is 0. The molecule has 168 valence electrons. The molecule has 31 heavy (non-hydrogen) atoms. The van der Waals surface area contributed by atoms with Crippen LogP contribution in [-0.4, -0.2) is 16.8 Å². The highest BCUT2D eigenvalue weighted by molar-refractivity contribution is 6.31. The predicted molar refractivity (Wildman–Crippen MR) is 118 cm³/mol. The second-order valence-corrected chi connectivity index (χ2v) is 7.83. The predicted octanol–water partition coefficient (Wildman–Crippen LogP) is 7.42. The van der Waals surface area contributed by atoms with E-state index < -0.39 is 11.7 Å². The van der Waals surface area contributed by atoms with Gasteiger partial charge in [-0.1, -0.05) is 36.8 Å². The number of aromatic hydroxyl groups is 1. The Balaban J connectivity index is 2.35. The molecule has 0 unspecified atom stereocenters. The van der Waals surface area contributed by atoms with Crippen LogP contribution in [0.1, 0.15) is 48.1 Å². The van der Waals surface area contributed by atoms with Crippen molar-refractivity contribution in [3.63, 3.8) is 0 Å². The normalized spacial score (nSPS) is 12.2. The third-order valence-electron chi connectivity index (χ3n) is 4.86. The number of phenolic OH excluding ortho intramolecular Hbond substituents is 1. The van der Waals surface area contributed by atoms with E-state index in [-0.39, 0.29) is 36.7 Å². The van der Waals surface area contributed by atoms with Gasteiger partial charge in [-0.25, -0.2) is 0 Å². The van der Waals surface area contributed by atoms with Gasteiger partial charge in [0.1, 0.15) is 0 Å². The number of aliphatic hydroxyl groups is 1. The molecule has 0 heterocycles. The van der Waals surface area contributed by atoms with Gasteiger partial charge in [0.15, 0.2) is 11.5 Å². The number of ether oxygens (including phenoxy) is 1. The Bertz CT molecular complexity index is 995. The Hall–Kier alpha value is -2.60. The lowest BCUT2D eigenvalue weighted by Gasteiger charge is -2.16. The summed E-state index contributed by atoms with van der Waals surface area (Å²) in [4.78, 5) is 0. The first-order chi connectivity index (χ1) is 14.4. The first kappa shape index (κ1) is 24.7. The molecule has 2 N–H and O–H groups in total. The first-order valence-electron chi connectivity index (χ1n) is 9.81. The average molecular weight is 455 g/mol. The number of aliphatic hydroxyl groups excluding tert-OH is 1. The number of hydrogen-bond acceptors (Lipinski definition) is 3. The maximum Gasteiger partial charge on any atom is 0.416 e. The number of benzene rings is 2. The smallest absolute Gasteiger partial charge is 0.416 e. The van der Waals surface area contributed by atoms with Crippen LogP contribution in [0.25, 0.3) is 6.08 Å². The van der Waals surface area contributed by atoms with E-state index in [0.717, 1.165) is 17.2 Å². The molecule has 0 aliphatic rings. The van der Waals surface area contributed by atoms with Crippen molar-refractivity contribution in [3.05, 3.63) is 75.0 Å². The average Bonchev–Trinajstić information content (AvgIpc) is 2.67. The molecule has 0 saturated carbocycles. The molecule has 0 amide bonds. The molecule has 0 aromatic heterocycles. The van der Waals surface area contributed by atoms with E-state index in [1.54, 1.807) is 13.0 Å². The lowest BCUT2D eigenvalue weighted by atomic mass is 9.93. The second-order valence-electron chi connectivity index (χ2n) is 7.42. The van der Waals surface area contributed by atoms with Crippen LogP contribution in [0.4, 0.5) is 13.2 Å². The monoisotopic (exact) mass is 454 g/mol. The minimum absolute atomic E-state index is 0.0221. The topological polar surface area (TPSA) is 49.7 Å². The largest absolute Gasteiger partial charge is 0.513 e. The number of allylic oxidation sites excluding steroid dienone is 1. The van der Waals surface area contributed by atoms with E-state index >= 15 is 0 Å². The third-order valence-corrected chi connectivity index (χ3v) is 5.22. The minimum atomic E-state index is -4.39. The van der Waals surface area contributed by atoms with Gasteiger partial charge in [0.05, 0.1) is 17.9 Å². The highest BCUT2D eigenvalue weighted by atomic mass is 35.5. The Morgan fingerprint density at radius 2 is 1.94 bits per heavy atom. The van der Waals surface area contributed by atoms with Crippen LogP contribution in [0.15, 0.2) is 42.2 Å². The fourth-order valence-electron chi connectivity index (χ4n) is 3.26. The molecule has 0 aliphatic carbocycles. The summed E-state index contributed by atoms with van der Waals surface area (Å²) in [5.41, 5.74) is 2.48. The number of halogens is 4. The molecule has 2 rings (SSSR count). The zero-order valence-electron chi connectivity index (χ0n) is 17.7. The Morgan fingerprint density at radius 1 is 1.26 bits per heavy atom. The number of hydrogen-bond donors (Lipinski definition) is 2. The molecule has 0 atom stereocenters. The molecule has 0 radical (unpaired) electrons. The van der Waals surface area contributed by atoms with E-state index in [4.69, 9.17) is 21.4 Å². The van der Waals surface area contributed by atoms with E-state index in [9.17, 15) is 18.3 Å². The molecule has 7 heteroatoms. The van der Waals surface area contributed by atoms with Crippen molar-refractivity contribution in [1.82, 2.24) is 0 Å². The Morgan fingerprint density at radius 3 is 2.52 bits per heavy atom. The van der Waals surface area contributed by atoms with Crippen LogP contribution in [0, 0.1) is 6.92 Å². The molecule has 0 bridgehead atoms. The van der Waals surface area contributed by atoms with Crippen LogP contribution in [0.5, 0.6) is 11.5 Å². The van der Waals surface area contributed by atoms with Crippen LogP contribution in [0.2, 0.25) is 5.02 Å². The van der Waals surface area contributed by atoms with E-state index in [2.05, 4.69) is 6.58 Å². The van der Waals surface area contributed by atoms with Crippen molar-refractivity contribution in [3.8, 4) is 11.5 Å². The lowest BCUT2D eigenvalue weighted by molar-refractivity contribution is -0.137. The fraction of sp³-hybridized carbons (Fsp3) is 0.333. The summed E-state index contributed by atoms with van der Waals surface area (Å²) in [6, 6.07) is 5.47. The summed E-state index contributed by atoms with van der Waals surface area (Å²) in [5.74, 6) is 0.100. The van der Waals surface area contributed by atoms with Gasteiger partial charge in [-0.3, -0.25) is 0 Å². The maximum atomic E-state index is 13.1. The summed E-state index contributed by atoms with van der Waals surface area (Å²) in [6.45, 7) is 8.82. The van der Waals surface area contributed by atoms with E-state index in [1.165, 1.54) is 12.1 Å². The summed E-state index contributed by atoms with van der Waals surface area (Å²) in [5, 5.41) is 20.1. The van der Waals surface area contributed by atoms with Gasteiger partial charge in [0.25, 0.3) is 0 Å². The molecule has 2 aromatic rings. The third kappa shape index (κ3) is 6.44. The zero-order valence-corrected chi connectivity index (χ0v) is 18.5. The summed E-state index contributed by atoms with van der Waals surface area (Å²) in [6.07, 6.45) is -1.60. The van der Waals surface area contributed by atoms with Gasteiger partial charge in [0, 0.05) is 17.0 Å². The highest BCUT2D eigenvalue weighted by Crippen LogP contribution is 2.37. The van der Waals surface area contributed by atoms with Crippen LogP contribution in [0.3, 0.4) is 0 Å². The zero-order chi connectivity index (χ0) is 23.3. The standard InChI is InChI=1S/C24H26ClF3O3/c1-5-17-13-18(24(26,27)28)12-15(3)19(17)10-14(2)11-20-21(25)6-7-22(23(20)30)31-9-8-16(4)29/h6-7,10,12-13,29-30H,4-5,8-9,11H2,1-3H3/b14-10+. The molecule has 0 spiro atoms. The van der Waals surface area contributed by atoms with Crippen molar-refractivity contribution in [2.24, 2.45) is 0 Å². The molecule has 0 fully saturated rings. The maximum absolute atomic E-state index is 13.1. The van der Waals surface area contributed by atoms with Crippen LogP contribution < -0.4 is 4.74 Å². The van der Waals surface area contributed by atoms with Gasteiger partial charge >= 0.3 is 6.18 Å². The minimum Gasteiger partial charge on any atom is -0.513 e. The summed E-state index contributed by atoms with van der Waals surface area (Å²) < 4.78 is 44.9. The summed E-state index contributed by atoms with van der Waals surface area (Å²) >= 11 is 6.27. The number of aryl methyl sites for hydroxylation is 2. The number of phenols is 1. The van der Waals surface area contributed by atoms with Crippen LogP contribution in [-0.2, 0) is 19.0 Å². The van der Waals surface area contributed by atoms with E-state index in [0.29, 0.717) is 28.1 Å². The highest BCUT2D eigenvalue weighted by Gasteiger charge is 2.31. The quantitative estimate of drug-likeness (QED) is 0.408. The van der Waals surface area contributed by atoms with Gasteiger partial charge in [0.2, 0.25) is 0 Å². The molecular weight excluding hydrogens is 429 g/mol. The molecular formula is C24H26ClF3O3. The SMILES string of the molecule is C=C(O)CCOc1ccc(Cl)c(C/C(C)=C/c2c(C)cc(C(F)(F)F)cc2CC)c1O. The van der Waals surface area contributed by atoms with Crippen molar-refractivity contribution < 1.29 is 28.1 Å². The molecule has 0 aliphatic heterocycles. The van der Waals surface area contributed by atoms with Crippen molar-refractivity contribution in [1.29, 1.82) is 0 Å². The Kier molecular flexibility index (Phi) is 8.07. The first-order valence-corrected chi connectivity index (χ1v) is 10.2. The number of alkyl halides is 3. The number of rotatable bonds is 8. The van der Waals surface area contributed by atoms with Gasteiger partial charge in [-0.05, 0) is 67.6 Å². The van der Waals surface area contributed by atoms with Crippen molar-refractivity contribution >= 4 is 17.7 Å². The lowest BCUT2D eigenvalue weighted by Crippen LogP contribution is -2.07. The van der Waals surface area contributed by atoms with Crippen molar-refractivity contribution in [2.45, 2.75) is 46.2 Å². The van der Waals surface area contributed by atoms with Crippen LogP contribution >= 0.6 is 11.6 Å². The van der Waals surface area contributed by atoms with Gasteiger partial charge in [-0.15, -0.1) is 0 Å². The van der Waals surface area contributed by atoms with Crippen molar-refractivity contribution in [2.75, 3.05) is 6.61 Å². The molecule has 0 saturated heterocycles. The molecule has 3 nitrogen and oxygen atoms in total. The Labute approximate surface area is 185 Å². The van der Waals surface area contributed by atoms with Gasteiger partial charge in [-0.2, -0.15) is 13.2 Å². The van der Waals surface area contributed by atoms with Gasteiger partial charge < -0.3 is 14.9 Å².